The Hall–Kier alpha value is -1.39. The van der Waals surface area contributed by atoms with Crippen molar-refractivity contribution < 1.29 is 19.7 Å². The highest BCUT2D eigenvalue weighted by molar-refractivity contribution is 5.73. The lowest BCUT2D eigenvalue weighted by molar-refractivity contribution is -0.159. The van der Waals surface area contributed by atoms with E-state index in [0.717, 1.165) is 5.56 Å². The quantitative estimate of drug-likeness (QED) is 0.813. The van der Waals surface area contributed by atoms with Gasteiger partial charge in [-0.05, 0) is 19.4 Å². The molecule has 0 spiro atoms. The maximum atomic E-state index is 11.3. The average molecular weight is 252 g/mol. The fraction of sp³-hybridized carbons (Fsp3) is 0.500. The molecule has 0 aliphatic carbocycles. The van der Waals surface area contributed by atoms with Gasteiger partial charge in [0.15, 0.2) is 6.10 Å². The minimum absolute atomic E-state index is 0.273. The van der Waals surface area contributed by atoms with Gasteiger partial charge in [-0.3, -0.25) is 0 Å². The number of rotatable bonds is 6. The van der Waals surface area contributed by atoms with Crippen molar-refractivity contribution in [3.63, 3.8) is 0 Å². The number of aliphatic carboxylic acids is 1. The van der Waals surface area contributed by atoms with Crippen molar-refractivity contribution in [1.82, 2.24) is 0 Å². The molecule has 18 heavy (non-hydrogen) atoms. The smallest absolute Gasteiger partial charge is 0.333 e. The van der Waals surface area contributed by atoms with Crippen LogP contribution in [0.1, 0.15) is 32.3 Å². The zero-order chi connectivity index (χ0) is 13.7. The third kappa shape index (κ3) is 3.82. The summed E-state index contributed by atoms with van der Waals surface area (Å²) < 4.78 is 5.44. The highest BCUT2D eigenvalue weighted by Crippen LogP contribution is 2.23. The van der Waals surface area contributed by atoms with Gasteiger partial charge in [-0.1, -0.05) is 37.3 Å². The Morgan fingerprint density at radius 2 is 1.72 bits per heavy atom. The largest absolute Gasteiger partial charge is 0.479 e. The molecule has 0 amide bonds. The molecular weight excluding hydrogens is 232 g/mol. The first-order chi connectivity index (χ1) is 8.43. The van der Waals surface area contributed by atoms with Crippen LogP contribution in [0, 0.1) is 0 Å². The Bertz CT molecular complexity index is 375. The van der Waals surface area contributed by atoms with Crippen LogP contribution < -0.4 is 0 Å². The summed E-state index contributed by atoms with van der Waals surface area (Å²) in [7, 11) is 0. The molecule has 0 fully saturated rings. The van der Waals surface area contributed by atoms with Crippen molar-refractivity contribution in [2.45, 2.75) is 45.0 Å². The topological polar surface area (TPSA) is 66.8 Å². The van der Waals surface area contributed by atoms with E-state index in [1.165, 1.54) is 0 Å². The average Bonchev–Trinajstić information content (AvgIpc) is 2.35. The van der Waals surface area contributed by atoms with E-state index in [1.54, 1.807) is 13.8 Å². The van der Waals surface area contributed by atoms with Gasteiger partial charge in [0.1, 0.15) is 0 Å². The van der Waals surface area contributed by atoms with Gasteiger partial charge < -0.3 is 14.9 Å². The van der Waals surface area contributed by atoms with Crippen molar-refractivity contribution in [2.24, 2.45) is 0 Å². The SMILES string of the molecule is CC(O)C(C)OC(C(=O)O)C(C)c1ccccc1. The number of ether oxygens (including phenoxy) is 1. The molecule has 1 aromatic rings. The van der Waals surface area contributed by atoms with Crippen LogP contribution in [0.5, 0.6) is 0 Å². The first-order valence-electron chi connectivity index (χ1n) is 6.04. The van der Waals surface area contributed by atoms with Crippen LogP contribution in [-0.2, 0) is 9.53 Å². The van der Waals surface area contributed by atoms with Crippen molar-refractivity contribution >= 4 is 5.97 Å². The maximum absolute atomic E-state index is 11.3. The van der Waals surface area contributed by atoms with E-state index in [9.17, 15) is 15.0 Å². The van der Waals surface area contributed by atoms with Crippen LogP contribution in [0.3, 0.4) is 0 Å². The van der Waals surface area contributed by atoms with Gasteiger partial charge in [0.25, 0.3) is 0 Å². The third-order valence-electron chi connectivity index (χ3n) is 3.06. The molecule has 0 saturated carbocycles. The fourth-order valence-corrected chi connectivity index (χ4v) is 1.67. The van der Waals surface area contributed by atoms with Gasteiger partial charge in [0.05, 0.1) is 12.2 Å². The predicted octanol–water partition coefficient (Wildman–Crippen LogP) is 2.03. The Balaban J connectivity index is 2.82. The Morgan fingerprint density at radius 3 is 2.17 bits per heavy atom. The molecule has 1 aromatic carbocycles. The number of carboxylic acid groups (broad SMARTS) is 1. The molecule has 1 rings (SSSR count). The van der Waals surface area contributed by atoms with Crippen LogP contribution in [0.4, 0.5) is 0 Å². The lowest BCUT2D eigenvalue weighted by Gasteiger charge is -2.26. The fourth-order valence-electron chi connectivity index (χ4n) is 1.67. The molecule has 2 N–H and O–H groups in total. The van der Waals surface area contributed by atoms with Crippen molar-refractivity contribution in [1.29, 1.82) is 0 Å². The van der Waals surface area contributed by atoms with Gasteiger partial charge in [0.2, 0.25) is 0 Å². The van der Waals surface area contributed by atoms with Gasteiger partial charge >= 0.3 is 5.97 Å². The van der Waals surface area contributed by atoms with Crippen LogP contribution in [0.2, 0.25) is 0 Å². The second-order valence-corrected chi connectivity index (χ2v) is 4.54. The number of aliphatic hydroxyl groups excluding tert-OH is 1. The molecule has 4 heteroatoms. The normalized spacial score (nSPS) is 17.8. The van der Waals surface area contributed by atoms with Crippen molar-refractivity contribution in [3.8, 4) is 0 Å². The standard InChI is InChI=1S/C14H20O4/c1-9(12-7-5-4-6-8-12)13(14(16)17)18-11(3)10(2)15/h4-11,13,15H,1-3H3,(H,16,17). The van der Waals surface area contributed by atoms with E-state index < -0.39 is 24.3 Å². The Kier molecular flexibility index (Phi) is 5.31. The Labute approximate surface area is 107 Å². The van der Waals surface area contributed by atoms with E-state index in [0.29, 0.717) is 0 Å². The highest BCUT2D eigenvalue weighted by atomic mass is 16.5. The zero-order valence-electron chi connectivity index (χ0n) is 10.9. The van der Waals surface area contributed by atoms with Crippen molar-refractivity contribution in [2.75, 3.05) is 0 Å². The molecule has 0 radical (unpaired) electrons. The van der Waals surface area contributed by atoms with E-state index >= 15 is 0 Å². The summed E-state index contributed by atoms with van der Waals surface area (Å²) in [5.74, 6) is -1.29. The van der Waals surface area contributed by atoms with E-state index in [-0.39, 0.29) is 5.92 Å². The summed E-state index contributed by atoms with van der Waals surface area (Å²) in [6.45, 7) is 5.05. The minimum atomic E-state index is -1.01. The summed E-state index contributed by atoms with van der Waals surface area (Å²) in [4.78, 5) is 11.3. The molecule has 0 aromatic heterocycles. The number of hydrogen-bond acceptors (Lipinski definition) is 3. The lowest BCUT2D eigenvalue weighted by atomic mass is 9.95. The molecule has 0 aliphatic rings. The van der Waals surface area contributed by atoms with Gasteiger partial charge in [0, 0.05) is 5.92 Å². The summed E-state index contributed by atoms with van der Waals surface area (Å²) >= 11 is 0. The van der Waals surface area contributed by atoms with E-state index in [4.69, 9.17) is 4.74 Å². The molecular formula is C14H20O4. The molecule has 100 valence electrons. The molecule has 0 saturated heterocycles. The zero-order valence-corrected chi connectivity index (χ0v) is 10.9. The van der Waals surface area contributed by atoms with Crippen molar-refractivity contribution in [3.05, 3.63) is 35.9 Å². The van der Waals surface area contributed by atoms with Gasteiger partial charge in [-0.25, -0.2) is 4.79 Å². The third-order valence-corrected chi connectivity index (χ3v) is 3.06. The van der Waals surface area contributed by atoms with Crippen LogP contribution >= 0.6 is 0 Å². The van der Waals surface area contributed by atoms with E-state index in [1.807, 2.05) is 37.3 Å². The summed E-state index contributed by atoms with van der Waals surface area (Å²) in [5, 5.41) is 18.6. The molecule has 4 atom stereocenters. The van der Waals surface area contributed by atoms with Crippen LogP contribution in [0.25, 0.3) is 0 Å². The maximum Gasteiger partial charge on any atom is 0.333 e. The molecule has 0 aliphatic heterocycles. The second kappa shape index (κ2) is 6.52. The first-order valence-corrected chi connectivity index (χ1v) is 6.04. The summed E-state index contributed by atoms with van der Waals surface area (Å²) in [5.41, 5.74) is 0.905. The van der Waals surface area contributed by atoms with Gasteiger partial charge in [-0.2, -0.15) is 0 Å². The Morgan fingerprint density at radius 1 is 1.17 bits per heavy atom. The molecule has 4 nitrogen and oxygen atoms in total. The number of benzene rings is 1. The highest BCUT2D eigenvalue weighted by Gasteiger charge is 2.29. The van der Waals surface area contributed by atoms with E-state index in [2.05, 4.69) is 0 Å². The van der Waals surface area contributed by atoms with Gasteiger partial charge in [-0.15, -0.1) is 0 Å². The predicted molar refractivity (Wildman–Crippen MR) is 68.5 cm³/mol. The number of aliphatic hydroxyl groups is 1. The molecule has 0 heterocycles. The number of carbonyl (C=O) groups is 1. The number of carboxylic acids is 1. The summed E-state index contributed by atoms with van der Waals surface area (Å²) in [6, 6.07) is 9.35. The monoisotopic (exact) mass is 252 g/mol. The molecule has 4 unspecified atom stereocenters. The first kappa shape index (κ1) is 14.7. The lowest BCUT2D eigenvalue weighted by Crippen LogP contribution is -2.36. The van der Waals surface area contributed by atoms with Crippen LogP contribution in [-0.4, -0.2) is 34.5 Å². The second-order valence-electron chi connectivity index (χ2n) is 4.54. The minimum Gasteiger partial charge on any atom is -0.479 e. The van der Waals surface area contributed by atoms with Crippen LogP contribution in [0.15, 0.2) is 30.3 Å². The number of hydrogen-bond donors (Lipinski definition) is 2. The molecule has 0 bridgehead atoms. The summed E-state index contributed by atoms with van der Waals surface area (Å²) in [6.07, 6.45) is -2.18.